The normalized spacial score (nSPS) is 21.4. The summed E-state index contributed by atoms with van der Waals surface area (Å²) in [5, 5.41) is 49.8. The van der Waals surface area contributed by atoms with Crippen molar-refractivity contribution in [2.75, 3.05) is 26.4 Å². The van der Waals surface area contributed by atoms with Gasteiger partial charge in [-0.1, -0.05) is 161 Å². The molecular formula is C45H83O13P. The van der Waals surface area contributed by atoms with Gasteiger partial charge in [-0.25, -0.2) is 4.57 Å². The van der Waals surface area contributed by atoms with Crippen molar-refractivity contribution in [3.05, 3.63) is 24.3 Å². The van der Waals surface area contributed by atoms with Gasteiger partial charge in [0.25, 0.3) is 0 Å². The zero-order valence-corrected chi connectivity index (χ0v) is 37.6. The standard InChI is InChI=1S/C45H83O13P/c1-4-6-19-25-37(47)29-30-41-40(42(49)31-43(41)50)26-22-23-28-45(52)58-39(35-57-59(53,54)56-33-38(48)32-46)34-55-44(51)27-21-18-16-14-12-10-8-7-9-11-13-15-17-20-24-36(3)5-2/h22-23,29-30,36-43,46-50H,4-21,24-28,31-35H2,1-3H3,(H,53,54)/b23-22-,30-29+/t36?,37-,38+,39-,40+,41-,42+,43-/m1/s1. The molecule has 1 rings (SSSR count). The molecule has 9 atom stereocenters. The first-order chi connectivity index (χ1) is 28.3. The maximum absolute atomic E-state index is 12.8. The molecule has 1 fully saturated rings. The van der Waals surface area contributed by atoms with Gasteiger partial charge in [-0.3, -0.25) is 18.6 Å². The van der Waals surface area contributed by atoms with Gasteiger partial charge in [-0.2, -0.15) is 0 Å². The number of unbranched alkanes of at least 4 members (excludes halogenated alkanes) is 15. The number of rotatable bonds is 38. The summed E-state index contributed by atoms with van der Waals surface area (Å²) < 4.78 is 32.7. The highest BCUT2D eigenvalue weighted by Gasteiger charge is 2.39. The van der Waals surface area contributed by atoms with E-state index in [4.69, 9.17) is 19.1 Å². The van der Waals surface area contributed by atoms with Crippen LogP contribution < -0.4 is 0 Å². The summed E-state index contributed by atoms with van der Waals surface area (Å²) in [5.74, 6) is -1.04. The van der Waals surface area contributed by atoms with Crippen LogP contribution in [0, 0.1) is 17.8 Å². The first-order valence-corrected chi connectivity index (χ1v) is 24.4. The van der Waals surface area contributed by atoms with E-state index in [2.05, 4.69) is 25.3 Å². The molecule has 0 aliphatic heterocycles. The van der Waals surface area contributed by atoms with E-state index in [1.807, 2.05) is 0 Å². The Labute approximate surface area is 356 Å². The second-order valence-corrected chi connectivity index (χ2v) is 18.1. The van der Waals surface area contributed by atoms with Crippen LogP contribution in [0.1, 0.15) is 175 Å². The Bertz CT molecular complexity index is 1170. The number of aliphatic hydroxyl groups excluding tert-OH is 5. The predicted molar refractivity (Wildman–Crippen MR) is 230 cm³/mol. The van der Waals surface area contributed by atoms with Gasteiger partial charge in [0.2, 0.25) is 0 Å². The van der Waals surface area contributed by atoms with Crippen LogP contribution in [0.15, 0.2) is 24.3 Å². The number of aliphatic hydroxyl groups is 5. The van der Waals surface area contributed by atoms with Crippen molar-refractivity contribution < 1.29 is 63.1 Å². The highest BCUT2D eigenvalue weighted by atomic mass is 31.2. The monoisotopic (exact) mass is 863 g/mol. The Morgan fingerprint density at radius 1 is 0.746 bits per heavy atom. The molecule has 0 amide bonds. The predicted octanol–water partition coefficient (Wildman–Crippen LogP) is 8.41. The summed E-state index contributed by atoms with van der Waals surface area (Å²) in [6, 6.07) is 0. The molecule has 1 saturated carbocycles. The zero-order chi connectivity index (χ0) is 43.7. The van der Waals surface area contributed by atoms with E-state index in [-0.39, 0.29) is 31.1 Å². The van der Waals surface area contributed by atoms with Crippen LogP contribution in [0.3, 0.4) is 0 Å². The molecule has 0 aromatic heterocycles. The van der Waals surface area contributed by atoms with Crippen LogP contribution in [0.25, 0.3) is 0 Å². The third-order valence-electron chi connectivity index (χ3n) is 11.3. The molecule has 0 saturated heterocycles. The first-order valence-electron chi connectivity index (χ1n) is 22.9. The average Bonchev–Trinajstić information content (AvgIpc) is 3.48. The molecule has 1 aliphatic carbocycles. The Hall–Kier alpha value is -1.67. The van der Waals surface area contributed by atoms with E-state index < -0.39 is 76.7 Å². The summed E-state index contributed by atoms with van der Waals surface area (Å²) in [6.45, 7) is 4.27. The van der Waals surface area contributed by atoms with Crippen LogP contribution in [0.5, 0.6) is 0 Å². The largest absolute Gasteiger partial charge is 0.472 e. The van der Waals surface area contributed by atoms with Crippen molar-refractivity contribution in [3.8, 4) is 0 Å². The Morgan fingerprint density at radius 2 is 1.32 bits per heavy atom. The molecule has 0 spiro atoms. The van der Waals surface area contributed by atoms with Crippen LogP contribution >= 0.6 is 7.82 Å². The minimum Gasteiger partial charge on any atom is -0.462 e. The fraction of sp³-hybridized carbons (Fsp3) is 0.867. The molecule has 6 N–H and O–H groups in total. The number of esters is 2. The lowest BCUT2D eigenvalue weighted by molar-refractivity contribution is -0.160. The van der Waals surface area contributed by atoms with E-state index in [0.29, 0.717) is 19.3 Å². The van der Waals surface area contributed by atoms with Crippen LogP contribution in [0.2, 0.25) is 0 Å². The van der Waals surface area contributed by atoms with Crippen LogP contribution in [-0.4, -0.2) is 99.3 Å². The maximum Gasteiger partial charge on any atom is 0.472 e. The summed E-state index contributed by atoms with van der Waals surface area (Å²) in [4.78, 5) is 35.3. The molecule has 0 heterocycles. The Kier molecular flexibility index (Phi) is 32.7. The number of ether oxygens (including phenoxy) is 2. The fourth-order valence-corrected chi connectivity index (χ4v) is 8.03. The molecule has 1 aliphatic rings. The lowest BCUT2D eigenvalue weighted by Crippen LogP contribution is -2.29. The maximum atomic E-state index is 12.8. The number of allylic oxidation sites excluding steroid dienone is 1. The van der Waals surface area contributed by atoms with E-state index in [0.717, 1.165) is 44.4 Å². The fourth-order valence-electron chi connectivity index (χ4n) is 7.24. The molecule has 346 valence electrons. The van der Waals surface area contributed by atoms with Crippen molar-refractivity contribution in [1.29, 1.82) is 0 Å². The van der Waals surface area contributed by atoms with Gasteiger partial charge in [0.15, 0.2) is 6.10 Å². The van der Waals surface area contributed by atoms with E-state index in [9.17, 15) is 39.5 Å². The highest BCUT2D eigenvalue weighted by Crippen LogP contribution is 2.43. The third-order valence-corrected chi connectivity index (χ3v) is 12.2. The quantitative estimate of drug-likeness (QED) is 0.0149. The topological polar surface area (TPSA) is 210 Å². The van der Waals surface area contributed by atoms with Crippen molar-refractivity contribution in [2.45, 2.75) is 205 Å². The Morgan fingerprint density at radius 3 is 1.92 bits per heavy atom. The molecule has 0 aromatic carbocycles. The summed E-state index contributed by atoms with van der Waals surface area (Å²) in [5.41, 5.74) is 0. The highest BCUT2D eigenvalue weighted by molar-refractivity contribution is 7.47. The number of carbonyl (C=O) groups excluding carboxylic acids is 2. The molecule has 14 heteroatoms. The average molecular weight is 863 g/mol. The van der Waals surface area contributed by atoms with Gasteiger partial charge in [0, 0.05) is 18.8 Å². The molecule has 0 radical (unpaired) electrons. The van der Waals surface area contributed by atoms with Crippen LogP contribution in [0.4, 0.5) is 0 Å². The Balaban J connectivity index is 2.47. The van der Waals surface area contributed by atoms with Crippen LogP contribution in [-0.2, 0) is 32.7 Å². The van der Waals surface area contributed by atoms with Gasteiger partial charge in [0.05, 0.1) is 44.6 Å². The molecule has 59 heavy (non-hydrogen) atoms. The molecule has 0 bridgehead atoms. The lowest BCUT2D eigenvalue weighted by atomic mass is 9.89. The van der Waals surface area contributed by atoms with Gasteiger partial charge in [-0.15, -0.1) is 0 Å². The minimum atomic E-state index is -4.71. The zero-order valence-electron chi connectivity index (χ0n) is 36.7. The summed E-state index contributed by atoms with van der Waals surface area (Å²) in [7, 11) is -4.71. The van der Waals surface area contributed by atoms with Gasteiger partial charge >= 0.3 is 19.8 Å². The molecule has 13 nitrogen and oxygen atoms in total. The number of hydrogen-bond acceptors (Lipinski definition) is 12. The van der Waals surface area contributed by atoms with E-state index >= 15 is 0 Å². The van der Waals surface area contributed by atoms with Crippen molar-refractivity contribution in [2.24, 2.45) is 17.8 Å². The molecule has 0 aromatic rings. The lowest BCUT2D eigenvalue weighted by Gasteiger charge is -2.20. The van der Waals surface area contributed by atoms with E-state index in [1.54, 1.807) is 24.3 Å². The van der Waals surface area contributed by atoms with Gasteiger partial charge < -0.3 is 39.9 Å². The van der Waals surface area contributed by atoms with Gasteiger partial charge in [-0.05, 0) is 31.1 Å². The minimum absolute atomic E-state index is 0.179. The number of hydrogen-bond donors (Lipinski definition) is 6. The van der Waals surface area contributed by atoms with Gasteiger partial charge in [0.1, 0.15) is 12.7 Å². The summed E-state index contributed by atoms with van der Waals surface area (Å²) >= 11 is 0. The smallest absolute Gasteiger partial charge is 0.462 e. The second-order valence-electron chi connectivity index (χ2n) is 16.7. The summed E-state index contributed by atoms with van der Waals surface area (Å²) in [6.07, 6.45) is 25.5. The third kappa shape index (κ3) is 29.3. The number of phosphoric acid groups is 1. The first kappa shape index (κ1) is 55.3. The second kappa shape index (κ2) is 34.9. The van der Waals surface area contributed by atoms with E-state index in [1.165, 1.54) is 77.0 Å². The van der Waals surface area contributed by atoms with Crippen molar-refractivity contribution in [3.63, 3.8) is 0 Å². The molecular weight excluding hydrogens is 779 g/mol. The number of carbonyl (C=O) groups is 2. The van der Waals surface area contributed by atoms with Crippen molar-refractivity contribution >= 4 is 19.8 Å². The van der Waals surface area contributed by atoms with Crippen molar-refractivity contribution in [1.82, 2.24) is 0 Å². The molecule has 2 unspecified atom stereocenters. The number of phosphoric ester groups is 1. The SMILES string of the molecule is CCCCC[C@@H](O)/C=C/[C@@H]1[C@H](C/C=C\CC(=O)O[C@H](COC(=O)CCCCCCCCCCCCCCCCC(C)CC)COP(=O)(O)OC[C@@H](O)CO)[C@@H](O)C[C@H]1O.